The van der Waals surface area contributed by atoms with E-state index in [4.69, 9.17) is 9.47 Å². The van der Waals surface area contributed by atoms with Gasteiger partial charge in [-0.2, -0.15) is 0 Å². The Bertz CT molecular complexity index is 95.8. The van der Waals surface area contributed by atoms with Crippen molar-refractivity contribution in [2.45, 2.75) is 38.9 Å². The van der Waals surface area contributed by atoms with Crippen LogP contribution < -0.4 is 0 Å². The summed E-state index contributed by atoms with van der Waals surface area (Å²) in [6, 6.07) is 0. The number of ether oxygens (including phenoxy) is 2. The monoisotopic (exact) mass is 176 g/mol. The predicted octanol–water partition coefficient (Wildman–Crippen LogP) is 1.20. The van der Waals surface area contributed by atoms with E-state index < -0.39 is 0 Å². The highest BCUT2D eigenvalue weighted by atomic mass is 16.5. The van der Waals surface area contributed by atoms with Crippen molar-refractivity contribution >= 4 is 0 Å². The van der Waals surface area contributed by atoms with Crippen molar-refractivity contribution in [2.24, 2.45) is 0 Å². The molecule has 0 aliphatic heterocycles. The topological polar surface area (TPSA) is 38.7 Å². The fourth-order valence-corrected chi connectivity index (χ4v) is 0.915. The number of methoxy groups -OCH3 is 1. The Labute approximate surface area is 74.7 Å². The largest absolute Gasteiger partial charge is 0.390 e. The molecule has 0 rings (SSSR count). The van der Waals surface area contributed by atoms with Crippen LogP contribution in [-0.4, -0.2) is 37.6 Å². The van der Waals surface area contributed by atoms with Crippen molar-refractivity contribution in [2.75, 3.05) is 20.3 Å². The summed E-state index contributed by atoms with van der Waals surface area (Å²) in [5, 5.41) is 9.33. The van der Waals surface area contributed by atoms with E-state index in [1.807, 2.05) is 13.8 Å². The second kappa shape index (κ2) is 7.53. The van der Waals surface area contributed by atoms with Gasteiger partial charge in [0.15, 0.2) is 0 Å². The molecule has 0 aromatic carbocycles. The molecular weight excluding hydrogens is 156 g/mol. The third-order valence-corrected chi connectivity index (χ3v) is 1.83. The van der Waals surface area contributed by atoms with Crippen molar-refractivity contribution in [3.05, 3.63) is 0 Å². The fraction of sp³-hybridized carbons (Fsp3) is 1.00. The highest BCUT2D eigenvalue weighted by Crippen LogP contribution is 2.02. The van der Waals surface area contributed by atoms with Crippen molar-refractivity contribution in [3.63, 3.8) is 0 Å². The van der Waals surface area contributed by atoms with Gasteiger partial charge in [0.25, 0.3) is 0 Å². The minimum absolute atomic E-state index is 0.0631. The van der Waals surface area contributed by atoms with Gasteiger partial charge in [0, 0.05) is 20.3 Å². The molecular formula is C9H20O3. The van der Waals surface area contributed by atoms with E-state index >= 15 is 0 Å². The zero-order valence-electron chi connectivity index (χ0n) is 8.25. The summed E-state index contributed by atoms with van der Waals surface area (Å²) in [5.74, 6) is 0. The quantitative estimate of drug-likeness (QED) is 0.592. The van der Waals surface area contributed by atoms with Crippen LogP contribution in [0, 0.1) is 0 Å². The lowest BCUT2D eigenvalue weighted by Crippen LogP contribution is -2.25. The minimum atomic E-state index is -0.340. The summed E-state index contributed by atoms with van der Waals surface area (Å²) < 4.78 is 10.2. The van der Waals surface area contributed by atoms with Gasteiger partial charge in [0.1, 0.15) is 0 Å². The summed E-state index contributed by atoms with van der Waals surface area (Å²) in [4.78, 5) is 0. The van der Waals surface area contributed by atoms with Gasteiger partial charge >= 0.3 is 0 Å². The lowest BCUT2D eigenvalue weighted by molar-refractivity contribution is -0.0324. The molecule has 1 N–H and O–H groups in total. The molecule has 0 saturated heterocycles. The maximum Gasteiger partial charge on any atom is 0.0805 e. The number of rotatable bonds is 7. The summed E-state index contributed by atoms with van der Waals surface area (Å²) >= 11 is 0. The van der Waals surface area contributed by atoms with Crippen LogP contribution in [0.1, 0.15) is 26.7 Å². The molecule has 3 nitrogen and oxygen atoms in total. The van der Waals surface area contributed by atoms with Crippen LogP contribution >= 0.6 is 0 Å². The van der Waals surface area contributed by atoms with Gasteiger partial charge in [-0.15, -0.1) is 0 Å². The summed E-state index contributed by atoms with van der Waals surface area (Å²) in [5.41, 5.74) is 0. The second-order valence-electron chi connectivity index (χ2n) is 2.90. The maximum atomic E-state index is 9.33. The van der Waals surface area contributed by atoms with Gasteiger partial charge < -0.3 is 14.6 Å². The molecule has 0 fully saturated rings. The van der Waals surface area contributed by atoms with E-state index in [0.717, 1.165) is 19.4 Å². The predicted molar refractivity (Wildman–Crippen MR) is 48.2 cm³/mol. The van der Waals surface area contributed by atoms with Crippen LogP contribution in [0.2, 0.25) is 0 Å². The Morgan fingerprint density at radius 1 is 1.33 bits per heavy atom. The van der Waals surface area contributed by atoms with Crippen LogP contribution in [0.4, 0.5) is 0 Å². The molecule has 0 radical (unpaired) electrons. The molecule has 12 heavy (non-hydrogen) atoms. The first-order valence-corrected chi connectivity index (χ1v) is 4.51. The van der Waals surface area contributed by atoms with Gasteiger partial charge in [0.2, 0.25) is 0 Å². The smallest absolute Gasteiger partial charge is 0.0805 e. The lowest BCUT2D eigenvalue weighted by Gasteiger charge is -2.17. The van der Waals surface area contributed by atoms with E-state index in [9.17, 15) is 5.11 Å². The molecule has 3 heteroatoms. The van der Waals surface area contributed by atoms with E-state index in [2.05, 4.69) is 0 Å². The first-order valence-electron chi connectivity index (χ1n) is 4.51. The minimum Gasteiger partial charge on any atom is -0.390 e. The molecule has 0 aliphatic carbocycles. The molecule has 2 unspecified atom stereocenters. The van der Waals surface area contributed by atoms with E-state index in [1.54, 1.807) is 7.11 Å². The molecule has 0 amide bonds. The zero-order valence-corrected chi connectivity index (χ0v) is 8.25. The highest BCUT2D eigenvalue weighted by molar-refractivity contribution is 4.60. The number of hydrogen-bond acceptors (Lipinski definition) is 3. The molecule has 0 heterocycles. The number of aliphatic hydroxyl groups excluding tert-OH is 1. The summed E-state index contributed by atoms with van der Waals surface area (Å²) in [7, 11) is 1.67. The van der Waals surface area contributed by atoms with Crippen molar-refractivity contribution in [3.8, 4) is 0 Å². The fourth-order valence-electron chi connectivity index (χ4n) is 0.915. The molecule has 0 aromatic rings. The summed E-state index contributed by atoms with van der Waals surface area (Å²) in [6.07, 6.45) is 1.22. The Balaban J connectivity index is 3.24. The first kappa shape index (κ1) is 11.9. The lowest BCUT2D eigenvalue weighted by atomic mass is 10.2. The van der Waals surface area contributed by atoms with Gasteiger partial charge in [-0.05, 0) is 19.8 Å². The average molecular weight is 176 g/mol. The molecule has 0 spiro atoms. The van der Waals surface area contributed by atoms with Crippen molar-refractivity contribution < 1.29 is 14.6 Å². The van der Waals surface area contributed by atoms with Gasteiger partial charge in [0.05, 0.1) is 12.2 Å². The number of hydrogen-bond donors (Lipinski definition) is 1. The van der Waals surface area contributed by atoms with Crippen molar-refractivity contribution in [1.29, 1.82) is 0 Å². The highest BCUT2D eigenvalue weighted by Gasteiger charge is 2.11. The Morgan fingerprint density at radius 2 is 2.00 bits per heavy atom. The normalized spacial score (nSPS) is 16.0. The third-order valence-electron chi connectivity index (χ3n) is 1.83. The SMILES string of the molecule is CCC(O)C(C)OCCCOC. The molecule has 0 aliphatic rings. The summed E-state index contributed by atoms with van der Waals surface area (Å²) in [6.45, 7) is 5.21. The van der Waals surface area contributed by atoms with E-state index in [1.165, 1.54) is 0 Å². The van der Waals surface area contributed by atoms with Crippen LogP contribution in [0.3, 0.4) is 0 Å². The van der Waals surface area contributed by atoms with Crippen LogP contribution in [0.5, 0.6) is 0 Å². The third kappa shape index (κ3) is 5.52. The van der Waals surface area contributed by atoms with Gasteiger partial charge in [-0.25, -0.2) is 0 Å². The average Bonchev–Trinajstić information content (AvgIpc) is 2.10. The van der Waals surface area contributed by atoms with Crippen LogP contribution in [0.15, 0.2) is 0 Å². The molecule has 0 bridgehead atoms. The van der Waals surface area contributed by atoms with Crippen molar-refractivity contribution in [1.82, 2.24) is 0 Å². The van der Waals surface area contributed by atoms with Gasteiger partial charge in [-0.1, -0.05) is 6.92 Å². The zero-order chi connectivity index (χ0) is 9.40. The molecule has 0 aromatic heterocycles. The molecule has 2 atom stereocenters. The van der Waals surface area contributed by atoms with E-state index in [-0.39, 0.29) is 12.2 Å². The Morgan fingerprint density at radius 3 is 2.50 bits per heavy atom. The second-order valence-corrected chi connectivity index (χ2v) is 2.90. The number of aliphatic hydroxyl groups is 1. The first-order chi connectivity index (χ1) is 5.72. The van der Waals surface area contributed by atoms with Gasteiger partial charge in [-0.3, -0.25) is 0 Å². The maximum absolute atomic E-state index is 9.33. The standard InChI is InChI=1S/C9H20O3/c1-4-9(10)8(2)12-7-5-6-11-3/h8-10H,4-7H2,1-3H3. The van der Waals surface area contributed by atoms with Crippen LogP contribution in [0.25, 0.3) is 0 Å². The molecule has 74 valence electrons. The van der Waals surface area contributed by atoms with E-state index in [0.29, 0.717) is 6.61 Å². The van der Waals surface area contributed by atoms with Crippen LogP contribution in [-0.2, 0) is 9.47 Å². The molecule has 0 saturated carbocycles. The Hall–Kier alpha value is -0.120. The Kier molecular flexibility index (Phi) is 7.45.